The lowest BCUT2D eigenvalue weighted by Gasteiger charge is -2.34. The molecule has 2 fully saturated rings. The Balaban J connectivity index is 1.96. The molecular weight excluding hydrogens is 216 g/mol. The molecule has 0 radical (unpaired) electrons. The monoisotopic (exact) mass is 242 g/mol. The van der Waals surface area contributed by atoms with Crippen LogP contribution in [0.1, 0.15) is 41.5 Å². The number of rotatable bonds is 0. The van der Waals surface area contributed by atoms with Crippen LogP contribution in [0.4, 0.5) is 0 Å². The van der Waals surface area contributed by atoms with E-state index in [0.717, 1.165) is 5.25 Å². The highest BCUT2D eigenvalue weighted by Crippen LogP contribution is 2.41. The molecule has 0 aromatic rings. The Morgan fingerprint density at radius 1 is 1.06 bits per heavy atom. The van der Waals surface area contributed by atoms with Gasteiger partial charge in [-0.1, -0.05) is 20.8 Å². The number of nitrogens with zero attached hydrogens (tertiary/aromatic N) is 1. The molecular formula is C13H26N2S. The van der Waals surface area contributed by atoms with Gasteiger partial charge in [0.2, 0.25) is 0 Å². The van der Waals surface area contributed by atoms with Gasteiger partial charge in [-0.25, -0.2) is 0 Å². The van der Waals surface area contributed by atoms with Crippen LogP contribution in [0.2, 0.25) is 0 Å². The zero-order chi connectivity index (χ0) is 12.1. The molecule has 3 atom stereocenters. The van der Waals surface area contributed by atoms with Crippen molar-refractivity contribution in [3.8, 4) is 0 Å². The molecule has 0 aromatic heterocycles. The maximum atomic E-state index is 3.82. The molecule has 2 rings (SSSR count). The normalized spacial score (nSPS) is 36.8. The van der Waals surface area contributed by atoms with E-state index >= 15 is 0 Å². The SMILES string of the molecule is CC(C)(C)C1NC2CN(C(C)(C)C)CC2S1. The summed E-state index contributed by atoms with van der Waals surface area (Å²) in [5, 5.41) is 5.24. The van der Waals surface area contributed by atoms with Crippen LogP contribution in [0.5, 0.6) is 0 Å². The molecule has 2 saturated heterocycles. The van der Waals surface area contributed by atoms with Crippen LogP contribution in [0.3, 0.4) is 0 Å². The van der Waals surface area contributed by atoms with Crippen molar-refractivity contribution in [1.82, 2.24) is 10.2 Å². The number of fused-ring (bicyclic) bond motifs is 1. The maximum Gasteiger partial charge on any atom is 0.0588 e. The van der Waals surface area contributed by atoms with Gasteiger partial charge in [-0.05, 0) is 26.2 Å². The predicted octanol–water partition coefficient (Wildman–Crippen LogP) is 2.55. The Morgan fingerprint density at radius 3 is 2.12 bits per heavy atom. The third-order valence-electron chi connectivity index (χ3n) is 3.68. The van der Waals surface area contributed by atoms with E-state index in [1.54, 1.807) is 0 Å². The molecule has 2 nitrogen and oxygen atoms in total. The zero-order valence-corrected chi connectivity index (χ0v) is 12.3. The molecule has 0 spiro atoms. The second kappa shape index (κ2) is 3.89. The fourth-order valence-corrected chi connectivity index (χ4v) is 4.11. The van der Waals surface area contributed by atoms with E-state index in [-0.39, 0.29) is 0 Å². The summed E-state index contributed by atoms with van der Waals surface area (Å²) in [5.74, 6) is 0. The van der Waals surface area contributed by atoms with E-state index in [9.17, 15) is 0 Å². The van der Waals surface area contributed by atoms with Crippen molar-refractivity contribution in [1.29, 1.82) is 0 Å². The number of likely N-dealkylation sites (tertiary alicyclic amines) is 1. The van der Waals surface area contributed by atoms with Crippen LogP contribution in [0.25, 0.3) is 0 Å². The summed E-state index contributed by atoms with van der Waals surface area (Å²) in [6, 6.07) is 0.702. The second-order valence-electron chi connectivity index (χ2n) is 7.27. The average Bonchev–Trinajstić information content (AvgIpc) is 2.53. The molecule has 0 bridgehead atoms. The smallest absolute Gasteiger partial charge is 0.0588 e. The minimum atomic E-state index is 0.323. The van der Waals surface area contributed by atoms with Crippen LogP contribution in [-0.4, -0.2) is 40.2 Å². The molecule has 0 amide bonds. The summed E-state index contributed by atoms with van der Waals surface area (Å²) in [6.45, 7) is 16.4. The highest BCUT2D eigenvalue weighted by molar-refractivity contribution is 8.00. The van der Waals surface area contributed by atoms with Crippen LogP contribution in [0, 0.1) is 5.41 Å². The minimum Gasteiger partial charge on any atom is -0.300 e. The Bertz CT molecular complexity index is 224. The Kier molecular flexibility index (Phi) is 3.09. The molecule has 3 heteroatoms. The first kappa shape index (κ1) is 12.7. The molecule has 0 aromatic carbocycles. The molecule has 1 N–H and O–H groups in total. The maximum absolute atomic E-state index is 3.82. The first-order valence-electron chi connectivity index (χ1n) is 6.34. The predicted molar refractivity (Wildman–Crippen MR) is 72.9 cm³/mol. The van der Waals surface area contributed by atoms with Gasteiger partial charge >= 0.3 is 0 Å². The Labute approximate surface area is 105 Å². The lowest BCUT2D eigenvalue weighted by molar-refractivity contribution is 0.168. The fourth-order valence-electron chi connectivity index (χ4n) is 2.48. The number of hydrogen-bond acceptors (Lipinski definition) is 3. The highest BCUT2D eigenvalue weighted by atomic mass is 32.2. The fraction of sp³-hybridized carbons (Fsp3) is 1.00. The quantitative estimate of drug-likeness (QED) is 0.703. The first-order valence-corrected chi connectivity index (χ1v) is 7.29. The molecule has 2 heterocycles. The van der Waals surface area contributed by atoms with Gasteiger partial charge in [0.1, 0.15) is 0 Å². The van der Waals surface area contributed by atoms with Crippen LogP contribution < -0.4 is 5.32 Å². The molecule has 3 unspecified atom stereocenters. The Morgan fingerprint density at radius 2 is 1.69 bits per heavy atom. The van der Waals surface area contributed by atoms with Crippen molar-refractivity contribution in [3.05, 3.63) is 0 Å². The van der Waals surface area contributed by atoms with Crippen molar-refractivity contribution in [2.24, 2.45) is 5.41 Å². The van der Waals surface area contributed by atoms with Gasteiger partial charge in [-0.15, -0.1) is 11.8 Å². The largest absolute Gasteiger partial charge is 0.300 e. The standard InChI is InChI=1S/C13H26N2S/c1-12(2,3)11-14-9-7-15(13(4,5)6)8-10(9)16-11/h9-11,14H,7-8H2,1-6H3. The van der Waals surface area contributed by atoms with E-state index in [1.807, 2.05) is 0 Å². The van der Waals surface area contributed by atoms with Crippen molar-refractivity contribution >= 4 is 11.8 Å². The van der Waals surface area contributed by atoms with Gasteiger partial charge < -0.3 is 0 Å². The summed E-state index contributed by atoms with van der Waals surface area (Å²) < 4.78 is 0. The van der Waals surface area contributed by atoms with E-state index in [4.69, 9.17) is 0 Å². The molecule has 2 aliphatic rings. The number of nitrogens with one attached hydrogen (secondary N) is 1. The molecule has 94 valence electrons. The Hall–Kier alpha value is 0.270. The van der Waals surface area contributed by atoms with Crippen LogP contribution in [0.15, 0.2) is 0 Å². The lowest BCUT2D eigenvalue weighted by Crippen LogP contribution is -2.45. The van der Waals surface area contributed by atoms with E-state index in [0.29, 0.717) is 22.4 Å². The third kappa shape index (κ3) is 2.41. The average molecular weight is 242 g/mol. The minimum absolute atomic E-state index is 0.323. The number of hydrogen-bond donors (Lipinski definition) is 1. The first-order chi connectivity index (χ1) is 7.18. The summed E-state index contributed by atoms with van der Waals surface area (Å²) >= 11 is 2.16. The van der Waals surface area contributed by atoms with E-state index in [2.05, 4.69) is 63.5 Å². The summed E-state index contributed by atoms with van der Waals surface area (Å²) in [7, 11) is 0. The van der Waals surface area contributed by atoms with E-state index in [1.165, 1.54) is 13.1 Å². The van der Waals surface area contributed by atoms with Crippen molar-refractivity contribution in [2.45, 2.75) is 63.7 Å². The summed E-state index contributed by atoms with van der Waals surface area (Å²) in [5.41, 5.74) is 0.700. The topological polar surface area (TPSA) is 15.3 Å². The molecule has 0 saturated carbocycles. The lowest BCUT2D eigenvalue weighted by atomic mass is 9.96. The molecule has 16 heavy (non-hydrogen) atoms. The van der Waals surface area contributed by atoms with Gasteiger partial charge in [0.05, 0.1) is 5.37 Å². The number of thioether (sulfide) groups is 1. The molecule has 2 aliphatic heterocycles. The molecule has 0 aliphatic carbocycles. The zero-order valence-electron chi connectivity index (χ0n) is 11.5. The van der Waals surface area contributed by atoms with E-state index < -0.39 is 0 Å². The highest BCUT2D eigenvalue weighted by Gasteiger charge is 2.46. The van der Waals surface area contributed by atoms with Crippen molar-refractivity contribution in [3.63, 3.8) is 0 Å². The van der Waals surface area contributed by atoms with Gasteiger partial charge in [0, 0.05) is 29.9 Å². The van der Waals surface area contributed by atoms with Crippen molar-refractivity contribution < 1.29 is 0 Å². The van der Waals surface area contributed by atoms with Gasteiger partial charge in [-0.3, -0.25) is 10.2 Å². The van der Waals surface area contributed by atoms with Gasteiger partial charge in [0.25, 0.3) is 0 Å². The second-order valence-corrected chi connectivity index (χ2v) is 8.62. The van der Waals surface area contributed by atoms with Crippen LogP contribution in [-0.2, 0) is 0 Å². The summed E-state index contributed by atoms with van der Waals surface area (Å²) in [4.78, 5) is 2.61. The summed E-state index contributed by atoms with van der Waals surface area (Å²) in [6.07, 6.45) is 0. The van der Waals surface area contributed by atoms with Crippen LogP contribution >= 0.6 is 11.8 Å². The van der Waals surface area contributed by atoms with Gasteiger partial charge in [-0.2, -0.15) is 0 Å². The van der Waals surface area contributed by atoms with Crippen molar-refractivity contribution in [2.75, 3.05) is 13.1 Å². The third-order valence-corrected chi connectivity index (χ3v) is 5.62. The van der Waals surface area contributed by atoms with Gasteiger partial charge in [0.15, 0.2) is 0 Å².